The molecule has 2 amide bonds. The molecular formula is C20H31N5O3S. The summed E-state index contributed by atoms with van der Waals surface area (Å²) in [6.45, 7) is 11.5. The van der Waals surface area contributed by atoms with E-state index in [9.17, 15) is 9.59 Å². The molecule has 8 nitrogen and oxygen atoms in total. The Kier molecular flexibility index (Phi) is 6.77. The maximum atomic E-state index is 13.1. The fourth-order valence-corrected chi connectivity index (χ4v) is 4.26. The minimum atomic E-state index is -0.118. The van der Waals surface area contributed by atoms with Gasteiger partial charge >= 0.3 is 0 Å². The highest BCUT2D eigenvalue weighted by atomic mass is 32.1. The standard InChI is InChI=1S/C20H31N5O3S/c1-14-15(6-5-13-28-14)17(27)24-9-7-16(26)21-8-10-25(12-11-24)19-22-18(23-29-19)20(2,3)4/h5-13H2,1-4H3,(H,21,26). The SMILES string of the molecule is CC1=C(C(=O)N2CCC(=O)NCCN(c3nc(C(C)(C)C)ns3)CC2)CCCO1. The first-order valence-corrected chi connectivity index (χ1v) is 11.0. The molecule has 0 atom stereocenters. The van der Waals surface area contributed by atoms with Gasteiger partial charge in [0.2, 0.25) is 11.0 Å². The summed E-state index contributed by atoms with van der Waals surface area (Å²) in [5, 5.41) is 3.77. The lowest BCUT2D eigenvalue weighted by Gasteiger charge is -2.30. The second kappa shape index (κ2) is 9.11. The summed E-state index contributed by atoms with van der Waals surface area (Å²) in [4.78, 5) is 33.9. The fraction of sp³-hybridized carbons (Fsp3) is 0.700. The molecule has 1 fully saturated rings. The molecule has 0 radical (unpaired) electrons. The third kappa shape index (κ3) is 5.46. The summed E-state index contributed by atoms with van der Waals surface area (Å²) in [6.07, 6.45) is 1.88. The monoisotopic (exact) mass is 421 g/mol. The van der Waals surface area contributed by atoms with Crippen LogP contribution in [0.3, 0.4) is 0 Å². The van der Waals surface area contributed by atoms with Crippen LogP contribution in [0.2, 0.25) is 0 Å². The van der Waals surface area contributed by atoms with Crippen molar-refractivity contribution in [1.82, 2.24) is 19.6 Å². The lowest BCUT2D eigenvalue weighted by molar-refractivity contribution is -0.128. The van der Waals surface area contributed by atoms with Gasteiger partial charge in [0.15, 0.2) is 0 Å². The number of amides is 2. The topological polar surface area (TPSA) is 87.7 Å². The molecular weight excluding hydrogens is 390 g/mol. The lowest BCUT2D eigenvalue weighted by atomic mass is 9.96. The quantitative estimate of drug-likeness (QED) is 0.787. The van der Waals surface area contributed by atoms with E-state index < -0.39 is 0 Å². The van der Waals surface area contributed by atoms with Gasteiger partial charge in [-0.2, -0.15) is 4.37 Å². The van der Waals surface area contributed by atoms with E-state index in [2.05, 4.69) is 35.4 Å². The largest absolute Gasteiger partial charge is 0.498 e. The summed E-state index contributed by atoms with van der Waals surface area (Å²) in [5.41, 5.74) is 0.610. The predicted octanol–water partition coefficient (Wildman–Crippen LogP) is 2.07. The van der Waals surface area contributed by atoms with Crippen LogP contribution in [-0.2, 0) is 19.7 Å². The predicted molar refractivity (Wildman–Crippen MR) is 113 cm³/mol. The lowest BCUT2D eigenvalue weighted by Crippen LogP contribution is -2.45. The van der Waals surface area contributed by atoms with Crippen molar-refractivity contribution in [3.63, 3.8) is 0 Å². The highest BCUT2D eigenvalue weighted by Crippen LogP contribution is 2.26. The maximum absolute atomic E-state index is 13.1. The zero-order chi connectivity index (χ0) is 21.0. The Bertz CT molecular complexity index is 783. The molecule has 1 aromatic rings. The van der Waals surface area contributed by atoms with Gasteiger partial charge in [0.25, 0.3) is 5.91 Å². The first-order chi connectivity index (χ1) is 13.8. The van der Waals surface area contributed by atoms with Crippen molar-refractivity contribution in [2.75, 3.05) is 44.2 Å². The number of hydrogen-bond acceptors (Lipinski definition) is 7. The number of carbonyl (C=O) groups is 2. The van der Waals surface area contributed by atoms with Crippen molar-refractivity contribution in [1.29, 1.82) is 0 Å². The van der Waals surface area contributed by atoms with Gasteiger partial charge in [0, 0.05) is 56.1 Å². The van der Waals surface area contributed by atoms with Crippen molar-refractivity contribution < 1.29 is 14.3 Å². The van der Waals surface area contributed by atoms with Crippen LogP contribution in [0.5, 0.6) is 0 Å². The molecule has 0 aromatic carbocycles. The number of nitrogens with zero attached hydrogens (tertiary/aromatic N) is 4. The number of aromatic nitrogens is 2. The molecule has 1 N–H and O–H groups in total. The van der Waals surface area contributed by atoms with Crippen LogP contribution in [-0.4, -0.2) is 65.4 Å². The Morgan fingerprint density at radius 1 is 1.17 bits per heavy atom. The average Bonchev–Trinajstić information content (AvgIpc) is 3.17. The molecule has 2 aliphatic rings. The summed E-state index contributed by atoms with van der Waals surface area (Å²) in [6, 6.07) is 0. The van der Waals surface area contributed by atoms with Gasteiger partial charge in [0.05, 0.1) is 12.2 Å². The Hall–Kier alpha value is -2.16. The van der Waals surface area contributed by atoms with Crippen LogP contribution in [0.15, 0.2) is 11.3 Å². The van der Waals surface area contributed by atoms with Gasteiger partial charge in [-0.1, -0.05) is 20.8 Å². The summed E-state index contributed by atoms with van der Waals surface area (Å²) in [5.74, 6) is 1.45. The number of anilines is 1. The van der Waals surface area contributed by atoms with Gasteiger partial charge in [-0.25, -0.2) is 4.98 Å². The molecule has 29 heavy (non-hydrogen) atoms. The molecule has 0 bridgehead atoms. The highest BCUT2D eigenvalue weighted by molar-refractivity contribution is 7.09. The highest BCUT2D eigenvalue weighted by Gasteiger charge is 2.26. The van der Waals surface area contributed by atoms with E-state index in [0.29, 0.717) is 51.5 Å². The average molecular weight is 422 g/mol. The van der Waals surface area contributed by atoms with Crippen molar-refractivity contribution >= 4 is 28.5 Å². The third-order valence-corrected chi connectivity index (χ3v) is 5.95. The number of rotatable bonds is 2. The third-order valence-electron chi connectivity index (χ3n) is 5.17. The maximum Gasteiger partial charge on any atom is 0.253 e. The second-order valence-electron chi connectivity index (χ2n) is 8.52. The van der Waals surface area contributed by atoms with Gasteiger partial charge in [-0.05, 0) is 19.8 Å². The summed E-state index contributed by atoms with van der Waals surface area (Å²) < 4.78 is 10.1. The first kappa shape index (κ1) is 21.5. The molecule has 0 spiro atoms. The number of nitrogens with one attached hydrogen (secondary N) is 1. The fourth-order valence-electron chi connectivity index (χ4n) is 3.35. The van der Waals surface area contributed by atoms with Crippen molar-refractivity contribution in [3.05, 3.63) is 17.2 Å². The molecule has 160 valence electrons. The van der Waals surface area contributed by atoms with Crippen LogP contribution in [0, 0.1) is 0 Å². The summed E-state index contributed by atoms with van der Waals surface area (Å²) in [7, 11) is 0. The van der Waals surface area contributed by atoms with Crippen molar-refractivity contribution in [2.45, 2.75) is 52.4 Å². The van der Waals surface area contributed by atoms with E-state index in [1.165, 1.54) is 11.5 Å². The Labute approximate surface area is 176 Å². The minimum Gasteiger partial charge on any atom is -0.498 e. The Balaban J connectivity index is 1.77. The van der Waals surface area contributed by atoms with Crippen LogP contribution in [0.4, 0.5) is 5.13 Å². The number of hydrogen-bond donors (Lipinski definition) is 1. The smallest absolute Gasteiger partial charge is 0.253 e. The van der Waals surface area contributed by atoms with E-state index in [1.807, 2.05) is 6.92 Å². The molecule has 0 unspecified atom stereocenters. The second-order valence-corrected chi connectivity index (χ2v) is 9.25. The first-order valence-electron chi connectivity index (χ1n) is 10.2. The zero-order valence-electron chi connectivity index (χ0n) is 17.8. The minimum absolute atomic E-state index is 0.0248. The van der Waals surface area contributed by atoms with Gasteiger partial charge in [-0.3, -0.25) is 9.59 Å². The van der Waals surface area contributed by atoms with E-state index in [0.717, 1.165) is 29.4 Å². The summed E-state index contributed by atoms with van der Waals surface area (Å²) >= 11 is 1.37. The molecule has 1 saturated heterocycles. The number of allylic oxidation sites excluding steroid dienone is 1. The Morgan fingerprint density at radius 3 is 2.66 bits per heavy atom. The van der Waals surface area contributed by atoms with Crippen LogP contribution in [0.25, 0.3) is 0 Å². The van der Waals surface area contributed by atoms with Crippen LogP contribution < -0.4 is 10.2 Å². The van der Waals surface area contributed by atoms with E-state index in [-0.39, 0.29) is 17.2 Å². The van der Waals surface area contributed by atoms with Gasteiger partial charge in [-0.15, -0.1) is 0 Å². The van der Waals surface area contributed by atoms with Gasteiger partial charge in [0.1, 0.15) is 11.6 Å². The van der Waals surface area contributed by atoms with E-state index >= 15 is 0 Å². The molecule has 9 heteroatoms. The van der Waals surface area contributed by atoms with Gasteiger partial charge < -0.3 is 19.9 Å². The van der Waals surface area contributed by atoms with E-state index in [4.69, 9.17) is 9.72 Å². The van der Waals surface area contributed by atoms with Crippen molar-refractivity contribution in [3.8, 4) is 0 Å². The number of ether oxygens (including phenoxy) is 1. The zero-order valence-corrected chi connectivity index (χ0v) is 18.6. The molecule has 0 saturated carbocycles. The molecule has 3 rings (SSSR count). The number of carbonyl (C=O) groups excluding carboxylic acids is 2. The normalized spacial score (nSPS) is 19.7. The molecule has 3 heterocycles. The molecule has 1 aromatic heterocycles. The Morgan fingerprint density at radius 2 is 1.97 bits per heavy atom. The van der Waals surface area contributed by atoms with Crippen LogP contribution >= 0.6 is 11.5 Å². The van der Waals surface area contributed by atoms with E-state index in [1.54, 1.807) is 4.90 Å². The van der Waals surface area contributed by atoms with Crippen molar-refractivity contribution in [2.24, 2.45) is 0 Å². The molecule has 2 aliphatic heterocycles. The van der Waals surface area contributed by atoms with Crippen LogP contribution in [0.1, 0.15) is 52.8 Å². The molecule has 0 aliphatic carbocycles.